The summed E-state index contributed by atoms with van der Waals surface area (Å²) in [5.41, 5.74) is 5.60. The van der Waals surface area contributed by atoms with Crippen molar-refractivity contribution < 1.29 is 0 Å². The molecule has 2 N–H and O–H groups in total. The molecule has 0 atom stereocenters. The smallest absolute Gasteiger partial charge is 0.0810 e. The van der Waals surface area contributed by atoms with Crippen molar-refractivity contribution in [3.63, 3.8) is 0 Å². The number of hydrogen-bond donors (Lipinski definition) is 2. The normalized spacial score (nSPS) is 11.5. The van der Waals surface area contributed by atoms with Gasteiger partial charge in [-0.05, 0) is 31.2 Å². The molecule has 0 aliphatic carbocycles. The first-order valence-corrected chi connectivity index (χ1v) is 5.34. The Bertz CT molecular complexity index is 489. The van der Waals surface area contributed by atoms with Crippen molar-refractivity contribution in [2.75, 3.05) is 5.43 Å². The third kappa shape index (κ3) is 2.44. The molecule has 0 saturated carbocycles. The van der Waals surface area contributed by atoms with Crippen molar-refractivity contribution in [3.8, 4) is 0 Å². The van der Waals surface area contributed by atoms with Gasteiger partial charge in [0, 0.05) is 6.20 Å². The maximum absolute atomic E-state index is 5.99. The van der Waals surface area contributed by atoms with E-state index in [0.717, 1.165) is 17.1 Å². The van der Waals surface area contributed by atoms with Gasteiger partial charge in [-0.1, -0.05) is 23.7 Å². The molecule has 0 amide bonds. The van der Waals surface area contributed by atoms with E-state index in [1.165, 1.54) is 0 Å². The first kappa shape index (κ1) is 10.8. The van der Waals surface area contributed by atoms with Crippen LogP contribution >= 0.6 is 11.6 Å². The molecule has 4 heteroatoms. The lowest BCUT2D eigenvalue weighted by molar-refractivity contribution is 1.29. The Morgan fingerprint density at radius 1 is 1.25 bits per heavy atom. The fraction of sp³-hybridized carbons (Fsp3) is 0.0833. The molecule has 82 valence electrons. The number of benzene rings is 1. The first-order valence-electron chi connectivity index (χ1n) is 4.96. The van der Waals surface area contributed by atoms with E-state index in [4.69, 9.17) is 11.6 Å². The van der Waals surface area contributed by atoms with Crippen LogP contribution in [0, 0.1) is 0 Å². The van der Waals surface area contributed by atoms with Gasteiger partial charge in [0.15, 0.2) is 0 Å². The fourth-order valence-electron chi connectivity index (χ4n) is 1.31. The molecule has 0 aliphatic heterocycles. The Kier molecular flexibility index (Phi) is 3.27. The average Bonchev–Trinajstić information content (AvgIpc) is 2.81. The topological polar surface area (TPSA) is 40.2 Å². The second-order valence-corrected chi connectivity index (χ2v) is 3.78. The van der Waals surface area contributed by atoms with Crippen LogP contribution in [0.4, 0.5) is 5.69 Å². The van der Waals surface area contributed by atoms with Gasteiger partial charge in [-0.3, -0.25) is 5.43 Å². The maximum Gasteiger partial charge on any atom is 0.0810 e. The number of para-hydroxylation sites is 1. The fourth-order valence-corrected chi connectivity index (χ4v) is 1.49. The molecular formula is C12H12ClN3. The second-order valence-electron chi connectivity index (χ2n) is 3.37. The standard InChI is InChI=1S/C12H12ClN3/c1-9(11-7-4-8-14-11)15-16-12-6-3-2-5-10(12)13/h2-8,14,16H,1H3/b15-9-. The van der Waals surface area contributed by atoms with E-state index in [2.05, 4.69) is 15.5 Å². The molecule has 0 bridgehead atoms. The highest BCUT2D eigenvalue weighted by atomic mass is 35.5. The quantitative estimate of drug-likeness (QED) is 0.618. The number of nitrogens with one attached hydrogen (secondary N) is 2. The molecule has 0 spiro atoms. The molecule has 0 fully saturated rings. The van der Waals surface area contributed by atoms with E-state index in [0.29, 0.717) is 5.02 Å². The minimum Gasteiger partial charge on any atom is -0.360 e. The number of hydrazone groups is 1. The van der Waals surface area contributed by atoms with E-state index in [1.54, 1.807) is 0 Å². The lowest BCUT2D eigenvalue weighted by Gasteiger charge is -2.03. The van der Waals surface area contributed by atoms with Crippen LogP contribution in [0.3, 0.4) is 0 Å². The Labute approximate surface area is 99.1 Å². The molecule has 3 nitrogen and oxygen atoms in total. The van der Waals surface area contributed by atoms with Gasteiger partial charge < -0.3 is 4.98 Å². The largest absolute Gasteiger partial charge is 0.360 e. The lowest BCUT2D eigenvalue weighted by Crippen LogP contribution is -2.00. The zero-order valence-electron chi connectivity index (χ0n) is 8.87. The Balaban J connectivity index is 2.13. The predicted molar refractivity (Wildman–Crippen MR) is 68.1 cm³/mol. The number of anilines is 1. The van der Waals surface area contributed by atoms with Crippen LogP contribution in [-0.4, -0.2) is 10.7 Å². The molecule has 1 heterocycles. The van der Waals surface area contributed by atoms with Crippen LogP contribution in [0.5, 0.6) is 0 Å². The Morgan fingerprint density at radius 3 is 2.75 bits per heavy atom. The van der Waals surface area contributed by atoms with Gasteiger partial charge in [-0.25, -0.2) is 0 Å². The molecule has 2 aromatic rings. The molecule has 0 unspecified atom stereocenters. The maximum atomic E-state index is 5.99. The molecule has 2 rings (SSSR count). The van der Waals surface area contributed by atoms with Crippen molar-refractivity contribution in [1.82, 2.24) is 4.98 Å². The number of rotatable bonds is 3. The van der Waals surface area contributed by atoms with Gasteiger partial charge in [0.25, 0.3) is 0 Å². The summed E-state index contributed by atoms with van der Waals surface area (Å²) in [6.07, 6.45) is 1.86. The summed E-state index contributed by atoms with van der Waals surface area (Å²) >= 11 is 5.99. The van der Waals surface area contributed by atoms with Crippen molar-refractivity contribution in [2.45, 2.75) is 6.92 Å². The van der Waals surface area contributed by atoms with Gasteiger partial charge in [0.05, 0.1) is 22.1 Å². The highest BCUT2D eigenvalue weighted by Crippen LogP contribution is 2.20. The third-order valence-electron chi connectivity index (χ3n) is 2.21. The molecule has 0 aliphatic rings. The zero-order valence-corrected chi connectivity index (χ0v) is 9.62. The molecule has 16 heavy (non-hydrogen) atoms. The molecule has 0 saturated heterocycles. The van der Waals surface area contributed by atoms with Crippen molar-refractivity contribution in [2.24, 2.45) is 5.10 Å². The summed E-state index contributed by atoms with van der Waals surface area (Å²) in [4.78, 5) is 3.08. The van der Waals surface area contributed by atoms with E-state index in [1.807, 2.05) is 49.5 Å². The van der Waals surface area contributed by atoms with Crippen LogP contribution in [0.2, 0.25) is 5.02 Å². The summed E-state index contributed by atoms with van der Waals surface area (Å²) in [5, 5.41) is 4.91. The number of H-pyrrole nitrogens is 1. The highest BCUT2D eigenvalue weighted by molar-refractivity contribution is 6.33. The third-order valence-corrected chi connectivity index (χ3v) is 2.54. The highest BCUT2D eigenvalue weighted by Gasteiger charge is 1.99. The monoisotopic (exact) mass is 233 g/mol. The van der Waals surface area contributed by atoms with Crippen molar-refractivity contribution in [3.05, 3.63) is 53.3 Å². The minimum absolute atomic E-state index is 0.658. The van der Waals surface area contributed by atoms with Crippen LogP contribution < -0.4 is 5.43 Å². The predicted octanol–water partition coefficient (Wildman–Crippen LogP) is 3.50. The Morgan fingerprint density at radius 2 is 2.06 bits per heavy atom. The summed E-state index contributed by atoms with van der Waals surface area (Å²) < 4.78 is 0. The van der Waals surface area contributed by atoms with E-state index in [-0.39, 0.29) is 0 Å². The summed E-state index contributed by atoms with van der Waals surface area (Å²) in [6.45, 7) is 1.93. The van der Waals surface area contributed by atoms with E-state index >= 15 is 0 Å². The van der Waals surface area contributed by atoms with E-state index < -0.39 is 0 Å². The van der Waals surface area contributed by atoms with Crippen molar-refractivity contribution >= 4 is 23.0 Å². The number of halogens is 1. The first-order chi connectivity index (χ1) is 7.77. The van der Waals surface area contributed by atoms with Crippen LogP contribution in [0.1, 0.15) is 12.6 Å². The van der Waals surface area contributed by atoms with Crippen LogP contribution in [-0.2, 0) is 0 Å². The molecule has 1 aromatic heterocycles. The molecular weight excluding hydrogens is 222 g/mol. The lowest BCUT2D eigenvalue weighted by atomic mass is 10.3. The molecule has 0 radical (unpaired) electrons. The van der Waals surface area contributed by atoms with Gasteiger partial charge in [0.2, 0.25) is 0 Å². The summed E-state index contributed by atoms with van der Waals surface area (Å²) in [5.74, 6) is 0. The number of hydrogen-bond acceptors (Lipinski definition) is 2. The number of nitrogens with zero attached hydrogens (tertiary/aromatic N) is 1. The number of aromatic amines is 1. The zero-order chi connectivity index (χ0) is 11.4. The van der Waals surface area contributed by atoms with Gasteiger partial charge in [0.1, 0.15) is 0 Å². The minimum atomic E-state index is 0.658. The number of aromatic nitrogens is 1. The van der Waals surface area contributed by atoms with Gasteiger partial charge >= 0.3 is 0 Å². The summed E-state index contributed by atoms with van der Waals surface area (Å²) in [7, 11) is 0. The second kappa shape index (κ2) is 4.86. The Hall–Kier alpha value is -1.74. The van der Waals surface area contributed by atoms with Crippen LogP contribution in [0.15, 0.2) is 47.7 Å². The SMILES string of the molecule is C/C(=N/Nc1ccccc1Cl)c1ccc[nH]1. The van der Waals surface area contributed by atoms with Gasteiger partial charge in [-0.15, -0.1) is 0 Å². The average molecular weight is 234 g/mol. The summed E-state index contributed by atoms with van der Waals surface area (Å²) in [6, 6.07) is 11.4. The van der Waals surface area contributed by atoms with E-state index in [9.17, 15) is 0 Å². The molecule has 1 aromatic carbocycles. The van der Waals surface area contributed by atoms with Crippen molar-refractivity contribution in [1.29, 1.82) is 0 Å². The van der Waals surface area contributed by atoms with Gasteiger partial charge in [-0.2, -0.15) is 5.10 Å². The van der Waals surface area contributed by atoms with Crippen LogP contribution in [0.25, 0.3) is 0 Å².